The van der Waals surface area contributed by atoms with Crippen LogP contribution in [0.4, 0.5) is 0 Å². The Bertz CT molecular complexity index is 355. The smallest absolute Gasteiger partial charge is 0.138 e. The van der Waals surface area contributed by atoms with E-state index in [0.29, 0.717) is 17.4 Å². The summed E-state index contributed by atoms with van der Waals surface area (Å²) in [6.07, 6.45) is 0.913. The fourth-order valence-corrected chi connectivity index (χ4v) is 1.69. The second-order valence-electron chi connectivity index (χ2n) is 4.19. The molecule has 1 aromatic rings. The van der Waals surface area contributed by atoms with Crippen LogP contribution in [0, 0.1) is 0 Å². The van der Waals surface area contributed by atoms with Crippen molar-refractivity contribution in [1.82, 2.24) is 0 Å². The van der Waals surface area contributed by atoms with Gasteiger partial charge < -0.3 is 15.2 Å². The van der Waals surface area contributed by atoms with Gasteiger partial charge in [0.2, 0.25) is 0 Å². The second kappa shape index (κ2) is 6.84. The molecule has 2 atom stereocenters. The minimum absolute atomic E-state index is 0.0209. The van der Waals surface area contributed by atoms with Crippen molar-refractivity contribution in [3.63, 3.8) is 0 Å². The Balaban J connectivity index is 2.65. The molecule has 1 aromatic carbocycles. The first-order chi connectivity index (χ1) is 8.04. The molecule has 4 heteroatoms. The minimum Gasteiger partial charge on any atom is -0.489 e. The summed E-state index contributed by atoms with van der Waals surface area (Å²) in [7, 11) is 1.68. The van der Waals surface area contributed by atoms with Gasteiger partial charge in [0.1, 0.15) is 5.75 Å². The first-order valence-corrected chi connectivity index (χ1v) is 6.13. The minimum atomic E-state index is -0.0209. The first-order valence-electron chi connectivity index (χ1n) is 5.75. The van der Waals surface area contributed by atoms with Gasteiger partial charge in [0.05, 0.1) is 11.1 Å². The third kappa shape index (κ3) is 4.54. The van der Waals surface area contributed by atoms with E-state index in [9.17, 15) is 0 Å². The summed E-state index contributed by atoms with van der Waals surface area (Å²) >= 11 is 6.14. The average Bonchev–Trinajstić information content (AvgIpc) is 2.28. The van der Waals surface area contributed by atoms with Crippen molar-refractivity contribution in [2.75, 3.05) is 13.7 Å². The molecule has 0 aliphatic heterocycles. The van der Waals surface area contributed by atoms with Crippen molar-refractivity contribution >= 4 is 11.6 Å². The van der Waals surface area contributed by atoms with Crippen molar-refractivity contribution in [2.45, 2.75) is 32.4 Å². The van der Waals surface area contributed by atoms with Crippen molar-refractivity contribution in [2.24, 2.45) is 5.73 Å². The van der Waals surface area contributed by atoms with Gasteiger partial charge in [0.25, 0.3) is 0 Å². The molecular weight excluding hydrogens is 238 g/mol. The van der Waals surface area contributed by atoms with Crippen LogP contribution in [0.15, 0.2) is 18.2 Å². The monoisotopic (exact) mass is 257 g/mol. The summed E-state index contributed by atoms with van der Waals surface area (Å²) in [4.78, 5) is 0. The first kappa shape index (κ1) is 14.3. The lowest BCUT2D eigenvalue weighted by Crippen LogP contribution is -2.14. The molecule has 0 bridgehead atoms. The topological polar surface area (TPSA) is 44.5 Å². The number of hydrogen-bond donors (Lipinski definition) is 1. The molecule has 0 amide bonds. The van der Waals surface area contributed by atoms with Crippen LogP contribution in [-0.2, 0) is 4.74 Å². The van der Waals surface area contributed by atoms with Crippen LogP contribution < -0.4 is 10.5 Å². The molecule has 1 rings (SSSR count). The highest BCUT2D eigenvalue weighted by Crippen LogP contribution is 2.28. The molecule has 1 unspecified atom stereocenters. The number of hydrogen-bond acceptors (Lipinski definition) is 3. The molecule has 0 aliphatic rings. The molecule has 2 N–H and O–H groups in total. The summed E-state index contributed by atoms with van der Waals surface area (Å²) in [5, 5.41) is 0.601. The summed E-state index contributed by atoms with van der Waals surface area (Å²) in [6, 6.07) is 5.64. The molecule has 0 spiro atoms. The van der Waals surface area contributed by atoms with Crippen LogP contribution in [0.1, 0.15) is 31.9 Å². The SMILES string of the molecule is COCCC(C)Oc1ccc([C@@H](C)N)cc1Cl. The summed E-state index contributed by atoms with van der Waals surface area (Å²) in [5.74, 6) is 0.694. The third-order valence-electron chi connectivity index (χ3n) is 2.54. The van der Waals surface area contributed by atoms with Crippen molar-refractivity contribution < 1.29 is 9.47 Å². The Morgan fingerprint density at radius 1 is 1.35 bits per heavy atom. The summed E-state index contributed by atoms with van der Waals surface area (Å²) in [6.45, 7) is 4.60. The Hall–Kier alpha value is -0.770. The molecule has 96 valence electrons. The number of nitrogens with two attached hydrogens (primary N) is 1. The fourth-order valence-electron chi connectivity index (χ4n) is 1.46. The number of halogens is 1. The fraction of sp³-hybridized carbons (Fsp3) is 0.538. The molecule has 17 heavy (non-hydrogen) atoms. The van der Waals surface area contributed by atoms with Crippen LogP contribution in [-0.4, -0.2) is 19.8 Å². The lowest BCUT2D eigenvalue weighted by atomic mass is 10.1. The number of rotatable bonds is 6. The van der Waals surface area contributed by atoms with Gasteiger partial charge in [-0.2, -0.15) is 0 Å². The predicted octanol–water partition coefficient (Wildman–Crippen LogP) is 3.16. The van der Waals surface area contributed by atoms with E-state index in [1.54, 1.807) is 7.11 Å². The Kier molecular flexibility index (Phi) is 5.75. The lowest BCUT2D eigenvalue weighted by Gasteiger charge is -2.16. The molecule has 0 fully saturated rings. The molecule has 0 saturated heterocycles. The van der Waals surface area contributed by atoms with Gasteiger partial charge in [0, 0.05) is 26.2 Å². The van der Waals surface area contributed by atoms with Gasteiger partial charge in [-0.25, -0.2) is 0 Å². The van der Waals surface area contributed by atoms with E-state index in [1.807, 2.05) is 32.0 Å². The quantitative estimate of drug-likeness (QED) is 0.851. The number of methoxy groups -OCH3 is 1. The zero-order valence-corrected chi connectivity index (χ0v) is 11.3. The van der Waals surface area contributed by atoms with E-state index in [-0.39, 0.29) is 12.1 Å². The third-order valence-corrected chi connectivity index (χ3v) is 2.83. The maximum absolute atomic E-state index is 6.14. The van der Waals surface area contributed by atoms with E-state index in [4.69, 9.17) is 26.8 Å². The van der Waals surface area contributed by atoms with Crippen LogP contribution in [0.2, 0.25) is 5.02 Å². The molecule has 0 heterocycles. The Labute approximate surface area is 108 Å². The molecule has 3 nitrogen and oxygen atoms in total. The molecule has 0 saturated carbocycles. The zero-order valence-electron chi connectivity index (χ0n) is 10.6. The molecule has 0 aliphatic carbocycles. The Morgan fingerprint density at radius 2 is 2.06 bits per heavy atom. The van der Waals surface area contributed by atoms with E-state index < -0.39 is 0 Å². The van der Waals surface area contributed by atoms with Crippen LogP contribution >= 0.6 is 11.6 Å². The van der Waals surface area contributed by atoms with Crippen LogP contribution in [0.25, 0.3) is 0 Å². The highest BCUT2D eigenvalue weighted by atomic mass is 35.5. The zero-order chi connectivity index (χ0) is 12.8. The average molecular weight is 258 g/mol. The van der Waals surface area contributed by atoms with Gasteiger partial charge in [0.15, 0.2) is 0 Å². The predicted molar refractivity (Wildman–Crippen MR) is 70.6 cm³/mol. The van der Waals surface area contributed by atoms with E-state index >= 15 is 0 Å². The molecular formula is C13H20ClNO2. The van der Waals surface area contributed by atoms with Crippen LogP contribution in [0.5, 0.6) is 5.75 Å². The van der Waals surface area contributed by atoms with E-state index in [0.717, 1.165) is 12.0 Å². The normalized spacial score (nSPS) is 14.4. The Morgan fingerprint density at radius 3 is 2.59 bits per heavy atom. The highest BCUT2D eigenvalue weighted by Gasteiger charge is 2.09. The van der Waals surface area contributed by atoms with Gasteiger partial charge in [-0.15, -0.1) is 0 Å². The number of ether oxygens (including phenoxy) is 2. The van der Waals surface area contributed by atoms with E-state index in [2.05, 4.69) is 0 Å². The molecule has 0 radical (unpaired) electrons. The standard InChI is InChI=1S/C13H20ClNO2/c1-9(6-7-16-3)17-13-5-4-11(10(2)15)8-12(13)14/h4-5,8-10H,6-7,15H2,1-3H3/t9?,10-/m1/s1. The van der Waals surface area contributed by atoms with Crippen LogP contribution in [0.3, 0.4) is 0 Å². The highest BCUT2D eigenvalue weighted by molar-refractivity contribution is 6.32. The largest absolute Gasteiger partial charge is 0.489 e. The number of benzene rings is 1. The summed E-state index contributed by atoms with van der Waals surface area (Å²) in [5.41, 5.74) is 6.79. The van der Waals surface area contributed by atoms with Gasteiger partial charge in [-0.1, -0.05) is 17.7 Å². The van der Waals surface area contributed by atoms with E-state index in [1.165, 1.54) is 0 Å². The maximum atomic E-state index is 6.14. The van der Waals surface area contributed by atoms with Crippen molar-refractivity contribution in [3.05, 3.63) is 28.8 Å². The van der Waals surface area contributed by atoms with Gasteiger partial charge in [-0.3, -0.25) is 0 Å². The van der Waals surface area contributed by atoms with Crippen molar-refractivity contribution in [1.29, 1.82) is 0 Å². The van der Waals surface area contributed by atoms with Crippen molar-refractivity contribution in [3.8, 4) is 5.75 Å². The maximum Gasteiger partial charge on any atom is 0.138 e. The lowest BCUT2D eigenvalue weighted by molar-refractivity contribution is 0.135. The van der Waals surface area contributed by atoms with Gasteiger partial charge in [-0.05, 0) is 31.5 Å². The second-order valence-corrected chi connectivity index (χ2v) is 4.60. The summed E-state index contributed by atoms with van der Waals surface area (Å²) < 4.78 is 10.7. The van der Waals surface area contributed by atoms with Gasteiger partial charge >= 0.3 is 0 Å². The molecule has 0 aromatic heterocycles.